The molecule has 0 atom stereocenters. The lowest BCUT2D eigenvalue weighted by Crippen LogP contribution is -2.25. The van der Waals surface area contributed by atoms with Gasteiger partial charge in [0.15, 0.2) is 5.16 Å². The van der Waals surface area contributed by atoms with Crippen molar-refractivity contribution in [3.8, 4) is 5.69 Å². The minimum Gasteiger partial charge on any atom is -0.323 e. The molecule has 2 aromatic carbocycles. The maximum absolute atomic E-state index is 14.3. The molecule has 6 nitrogen and oxygen atoms in total. The van der Waals surface area contributed by atoms with Gasteiger partial charge >= 0.3 is 0 Å². The lowest BCUT2D eigenvalue weighted by Gasteiger charge is -2.21. The average Bonchev–Trinajstić information content (AvgIpc) is 3.31. The van der Waals surface area contributed by atoms with Crippen molar-refractivity contribution in [1.82, 2.24) is 9.55 Å². The minimum atomic E-state index is -0.526. The van der Waals surface area contributed by atoms with E-state index in [1.54, 1.807) is 18.3 Å². The molecule has 3 aromatic rings. The van der Waals surface area contributed by atoms with Gasteiger partial charge in [-0.3, -0.25) is 14.2 Å². The van der Waals surface area contributed by atoms with Gasteiger partial charge in [-0.05, 0) is 61.6 Å². The summed E-state index contributed by atoms with van der Waals surface area (Å²) < 4.78 is 16.2. The molecule has 1 aliphatic carbocycles. The van der Waals surface area contributed by atoms with E-state index in [4.69, 9.17) is 0 Å². The van der Waals surface area contributed by atoms with Crippen molar-refractivity contribution >= 4 is 35.0 Å². The number of halogens is 1. The Bertz CT molecular complexity index is 1110. The van der Waals surface area contributed by atoms with Crippen molar-refractivity contribution in [2.75, 3.05) is 16.9 Å². The molecule has 2 N–H and O–H groups in total. The van der Waals surface area contributed by atoms with Gasteiger partial charge in [0.05, 0.1) is 5.69 Å². The molecule has 0 aliphatic heterocycles. The first-order chi connectivity index (χ1) is 15.5. The molecular weight excluding hydrogens is 427 g/mol. The van der Waals surface area contributed by atoms with Gasteiger partial charge in [0.1, 0.15) is 5.82 Å². The lowest BCUT2D eigenvalue weighted by molar-refractivity contribution is -0.120. The van der Waals surface area contributed by atoms with Crippen molar-refractivity contribution < 1.29 is 14.0 Å². The fourth-order valence-corrected chi connectivity index (χ4v) is 4.44. The predicted molar refractivity (Wildman–Crippen MR) is 125 cm³/mol. The smallest absolute Gasteiger partial charge is 0.255 e. The summed E-state index contributed by atoms with van der Waals surface area (Å²) in [6.45, 7) is 0. The van der Waals surface area contributed by atoms with Crippen LogP contribution in [-0.4, -0.2) is 27.6 Å². The van der Waals surface area contributed by atoms with Crippen molar-refractivity contribution in [2.45, 2.75) is 37.3 Å². The lowest BCUT2D eigenvalue weighted by atomic mass is 9.88. The normalized spacial score (nSPS) is 14.2. The Hall–Kier alpha value is -3.13. The first kappa shape index (κ1) is 22.1. The number of carbonyl (C=O) groups excluding carboxylic acids is 2. The number of aromatic nitrogens is 2. The average molecular weight is 453 g/mol. The predicted octanol–water partition coefficient (Wildman–Crippen LogP) is 5.50. The van der Waals surface area contributed by atoms with Crippen LogP contribution in [-0.2, 0) is 4.79 Å². The summed E-state index contributed by atoms with van der Waals surface area (Å²) in [6.07, 6.45) is 10.4. The van der Waals surface area contributed by atoms with Gasteiger partial charge < -0.3 is 10.6 Å². The van der Waals surface area contributed by atoms with Crippen molar-refractivity contribution in [3.05, 3.63) is 66.2 Å². The number of hydrogen-bond donors (Lipinski definition) is 2. The van der Waals surface area contributed by atoms with Gasteiger partial charge in [0, 0.05) is 35.2 Å². The molecule has 4 rings (SSSR count). The molecule has 1 fully saturated rings. The van der Waals surface area contributed by atoms with Crippen LogP contribution in [0.4, 0.5) is 15.8 Å². The molecule has 2 amide bonds. The number of imidazole rings is 1. The van der Waals surface area contributed by atoms with E-state index in [-0.39, 0.29) is 23.4 Å². The molecule has 0 unspecified atom stereocenters. The van der Waals surface area contributed by atoms with Crippen LogP contribution in [0.15, 0.2) is 60.0 Å². The van der Waals surface area contributed by atoms with Crippen molar-refractivity contribution in [3.63, 3.8) is 0 Å². The SMILES string of the molecule is CSc1nccn1-c1ccc(C(=O)Nc2ccc(F)c(NC(=O)C3CCCCC3)c2)cc1. The number of carbonyl (C=O) groups is 2. The molecule has 1 aliphatic rings. The fourth-order valence-electron chi connectivity index (χ4n) is 3.91. The molecule has 1 aromatic heterocycles. The van der Waals surface area contributed by atoms with Gasteiger partial charge in [0.2, 0.25) is 5.91 Å². The number of thioether (sulfide) groups is 1. The van der Waals surface area contributed by atoms with Crippen LogP contribution in [0, 0.1) is 11.7 Å². The molecule has 0 saturated heterocycles. The van der Waals surface area contributed by atoms with Crippen LogP contribution in [0.25, 0.3) is 5.69 Å². The fraction of sp³-hybridized carbons (Fsp3) is 0.292. The summed E-state index contributed by atoms with van der Waals surface area (Å²) in [5, 5.41) is 6.32. The van der Waals surface area contributed by atoms with E-state index in [0.29, 0.717) is 11.3 Å². The molecule has 8 heteroatoms. The Balaban J connectivity index is 1.44. The molecule has 0 radical (unpaired) electrons. The molecule has 166 valence electrons. The topological polar surface area (TPSA) is 76.0 Å². The second-order valence-corrected chi connectivity index (χ2v) is 8.58. The zero-order valence-electron chi connectivity index (χ0n) is 17.8. The zero-order chi connectivity index (χ0) is 22.5. The Morgan fingerprint density at radius 3 is 2.53 bits per heavy atom. The van der Waals surface area contributed by atoms with E-state index in [1.165, 1.54) is 30.0 Å². The Labute approximate surface area is 190 Å². The highest BCUT2D eigenvalue weighted by Crippen LogP contribution is 2.27. The van der Waals surface area contributed by atoms with E-state index in [1.807, 2.05) is 29.2 Å². The number of nitrogens with one attached hydrogen (secondary N) is 2. The van der Waals surface area contributed by atoms with Gasteiger partial charge in [-0.25, -0.2) is 9.37 Å². The number of hydrogen-bond acceptors (Lipinski definition) is 4. The second kappa shape index (κ2) is 9.99. The minimum absolute atomic E-state index is 0.0815. The maximum atomic E-state index is 14.3. The van der Waals surface area contributed by atoms with Gasteiger partial charge in [-0.1, -0.05) is 31.0 Å². The molecule has 0 bridgehead atoms. The van der Waals surface area contributed by atoms with Crippen molar-refractivity contribution in [1.29, 1.82) is 0 Å². The van der Waals surface area contributed by atoms with E-state index in [0.717, 1.165) is 42.9 Å². The van der Waals surface area contributed by atoms with Crippen LogP contribution in [0.3, 0.4) is 0 Å². The summed E-state index contributed by atoms with van der Waals surface area (Å²) in [7, 11) is 0. The Morgan fingerprint density at radius 1 is 1.06 bits per heavy atom. The summed E-state index contributed by atoms with van der Waals surface area (Å²) in [5.41, 5.74) is 1.87. The maximum Gasteiger partial charge on any atom is 0.255 e. The van der Waals surface area contributed by atoms with E-state index >= 15 is 0 Å². The highest BCUT2D eigenvalue weighted by atomic mass is 32.2. The van der Waals surface area contributed by atoms with Gasteiger partial charge in [-0.15, -0.1) is 0 Å². The summed E-state index contributed by atoms with van der Waals surface area (Å²) in [4.78, 5) is 29.4. The second-order valence-electron chi connectivity index (χ2n) is 7.80. The highest BCUT2D eigenvalue weighted by Gasteiger charge is 2.22. The molecule has 0 spiro atoms. The third-order valence-electron chi connectivity index (χ3n) is 5.66. The Morgan fingerprint density at radius 2 is 1.81 bits per heavy atom. The third kappa shape index (κ3) is 5.02. The van der Waals surface area contributed by atoms with E-state index < -0.39 is 5.82 Å². The van der Waals surface area contributed by atoms with Crippen LogP contribution < -0.4 is 10.6 Å². The standard InChI is InChI=1S/C24H25FN4O2S/c1-32-24-26-13-14-29(24)19-10-7-17(8-11-19)22(30)27-18-9-12-20(25)21(15-18)28-23(31)16-5-3-2-4-6-16/h7-16H,2-6H2,1H3,(H,27,30)(H,28,31). The van der Waals surface area contributed by atoms with Crippen LogP contribution in [0.5, 0.6) is 0 Å². The number of nitrogens with zero attached hydrogens (tertiary/aromatic N) is 2. The van der Waals surface area contributed by atoms with Crippen molar-refractivity contribution in [2.24, 2.45) is 5.92 Å². The number of amides is 2. The summed E-state index contributed by atoms with van der Waals surface area (Å²) in [5.74, 6) is -1.08. The highest BCUT2D eigenvalue weighted by molar-refractivity contribution is 7.98. The quantitative estimate of drug-likeness (QED) is 0.484. The summed E-state index contributed by atoms with van der Waals surface area (Å²) in [6, 6.07) is 11.3. The molecule has 1 heterocycles. The number of anilines is 2. The molecular formula is C24H25FN4O2S. The van der Waals surface area contributed by atoms with Crippen LogP contribution in [0.1, 0.15) is 42.5 Å². The number of rotatable bonds is 6. The first-order valence-corrected chi connectivity index (χ1v) is 11.9. The van der Waals surface area contributed by atoms with E-state index in [9.17, 15) is 14.0 Å². The monoisotopic (exact) mass is 452 g/mol. The van der Waals surface area contributed by atoms with Crippen LogP contribution in [0.2, 0.25) is 0 Å². The molecule has 32 heavy (non-hydrogen) atoms. The third-order valence-corrected chi connectivity index (χ3v) is 6.32. The number of benzene rings is 2. The summed E-state index contributed by atoms with van der Waals surface area (Å²) >= 11 is 1.54. The molecule has 1 saturated carbocycles. The zero-order valence-corrected chi connectivity index (χ0v) is 18.6. The van der Waals surface area contributed by atoms with Gasteiger partial charge in [-0.2, -0.15) is 0 Å². The largest absolute Gasteiger partial charge is 0.323 e. The van der Waals surface area contributed by atoms with Gasteiger partial charge in [0.25, 0.3) is 5.91 Å². The van der Waals surface area contributed by atoms with Crippen LogP contribution >= 0.6 is 11.8 Å². The first-order valence-electron chi connectivity index (χ1n) is 10.6. The van der Waals surface area contributed by atoms with E-state index in [2.05, 4.69) is 15.6 Å². The Kier molecular flexibility index (Phi) is 6.90.